The van der Waals surface area contributed by atoms with E-state index in [-0.39, 0.29) is 19.1 Å². The van der Waals surface area contributed by atoms with Gasteiger partial charge in [-0.05, 0) is 12.1 Å². The highest BCUT2D eigenvalue weighted by atomic mass is 35.5. The van der Waals surface area contributed by atoms with Gasteiger partial charge in [0.1, 0.15) is 0 Å². The number of H-pyrrole nitrogens is 1. The first-order valence-corrected chi connectivity index (χ1v) is 6.85. The molecular weight excluding hydrogens is 290 g/mol. The van der Waals surface area contributed by atoms with Crippen LogP contribution in [0.25, 0.3) is 11.3 Å². The first-order valence-electron chi connectivity index (χ1n) is 6.47. The van der Waals surface area contributed by atoms with Gasteiger partial charge in [-0.3, -0.25) is 9.89 Å². The Morgan fingerprint density at radius 3 is 3.00 bits per heavy atom. The summed E-state index contributed by atoms with van der Waals surface area (Å²) < 4.78 is 0. The molecular formula is C15H16ClN3O2. The minimum absolute atomic E-state index is 0.107. The maximum Gasteiger partial charge on any atom is 0.258 e. The van der Waals surface area contributed by atoms with Crippen LogP contribution in [0.15, 0.2) is 43.1 Å². The Hall–Kier alpha value is -2.11. The molecule has 0 aliphatic heterocycles. The Labute approximate surface area is 127 Å². The number of hydrogen-bond donors (Lipinski definition) is 2. The van der Waals surface area contributed by atoms with Crippen molar-refractivity contribution in [1.29, 1.82) is 0 Å². The van der Waals surface area contributed by atoms with E-state index in [0.29, 0.717) is 22.8 Å². The van der Waals surface area contributed by atoms with Crippen LogP contribution in [-0.2, 0) is 0 Å². The lowest BCUT2D eigenvalue weighted by atomic mass is 10.1. The Morgan fingerprint density at radius 2 is 2.33 bits per heavy atom. The molecule has 1 amide bonds. The van der Waals surface area contributed by atoms with Crippen molar-refractivity contribution in [3.8, 4) is 11.3 Å². The van der Waals surface area contributed by atoms with Crippen molar-refractivity contribution < 1.29 is 9.90 Å². The molecule has 0 saturated heterocycles. The minimum Gasteiger partial charge on any atom is -0.395 e. The molecule has 21 heavy (non-hydrogen) atoms. The van der Waals surface area contributed by atoms with Crippen LogP contribution in [0.5, 0.6) is 0 Å². The number of hydrogen-bond acceptors (Lipinski definition) is 3. The van der Waals surface area contributed by atoms with Crippen LogP contribution in [0, 0.1) is 0 Å². The predicted molar refractivity (Wildman–Crippen MR) is 82.2 cm³/mol. The fraction of sp³-hybridized carbons (Fsp3) is 0.200. The van der Waals surface area contributed by atoms with Crippen LogP contribution in [0.1, 0.15) is 10.4 Å². The summed E-state index contributed by atoms with van der Waals surface area (Å²) in [6, 6.07) is 7.18. The van der Waals surface area contributed by atoms with Crippen LogP contribution in [-0.4, -0.2) is 45.8 Å². The largest absolute Gasteiger partial charge is 0.395 e. The van der Waals surface area contributed by atoms with Crippen LogP contribution in [0.2, 0.25) is 5.02 Å². The summed E-state index contributed by atoms with van der Waals surface area (Å²) in [6.07, 6.45) is 3.10. The molecule has 5 nitrogen and oxygen atoms in total. The average molecular weight is 306 g/mol. The van der Waals surface area contributed by atoms with Gasteiger partial charge in [0.15, 0.2) is 0 Å². The number of aromatic nitrogens is 2. The Balaban J connectivity index is 2.35. The number of benzene rings is 1. The fourth-order valence-electron chi connectivity index (χ4n) is 2.03. The molecule has 1 aromatic heterocycles. The summed E-state index contributed by atoms with van der Waals surface area (Å²) in [6.45, 7) is 4.12. The second-order valence-corrected chi connectivity index (χ2v) is 4.87. The number of carbonyl (C=O) groups is 1. The van der Waals surface area contributed by atoms with Crippen molar-refractivity contribution in [2.45, 2.75) is 0 Å². The van der Waals surface area contributed by atoms with Gasteiger partial charge in [0.05, 0.1) is 24.1 Å². The van der Waals surface area contributed by atoms with Gasteiger partial charge in [0, 0.05) is 23.7 Å². The van der Waals surface area contributed by atoms with Crippen molar-refractivity contribution in [3.05, 3.63) is 53.7 Å². The zero-order valence-corrected chi connectivity index (χ0v) is 12.2. The summed E-state index contributed by atoms with van der Waals surface area (Å²) in [7, 11) is 0. The van der Waals surface area contributed by atoms with Gasteiger partial charge in [0.25, 0.3) is 5.91 Å². The first-order chi connectivity index (χ1) is 10.2. The topological polar surface area (TPSA) is 69.2 Å². The molecule has 0 unspecified atom stereocenters. The second-order valence-electron chi connectivity index (χ2n) is 4.43. The third kappa shape index (κ3) is 3.51. The number of aliphatic hydroxyl groups excluding tert-OH is 1. The van der Waals surface area contributed by atoms with Gasteiger partial charge in [-0.15, -0.1) is 6.58 Å². The molecule has 1 aromatic carbocycles. The van der Waals surface area contributed by atoms with Gasteiger partial charge >= 0.3 is 0 Å². The van der Waals surface area contributed by atoms with E-state index in [9.17, 15) is 4.79 Å². The predicted octanol–water partition coefficient (Wildman–Crippen LogP) is 2.35. The monoisotopic (exact) mass is 305 g/mol. The summed E-state index contributed by atoms with van der Waals surface area (Å²) in [5, 5.41) is 16.4. The Bertz CT molecular complexity index is 639. The molecule has 0 aliphatic rings. The quantitative estimate of drug-likeness (QED) is 0.805. The molecule has 2 aromatic rings. The van der Waals surface area contributed by atoms with E-state index in [0.717, 1.165) is 5.56 Å². The molecule has 6 heteroatoms. The van der Waals surface area contributed by atoms with Crippen LogP contribution in [0.3, 0.4) is 0 Å². The minimum atomic E-state index is -0.215. The lowest BCUT2D eigenvalue weighted by Gasteiger charge is -2.19. The molecule has 0 atom stereocenters. The van der Waals surface area contributed by atoms with E-state index in [2.05, 4.69) is 16.8 Å². The zero-order chi connectivity index (χ0) is 15.2. The van der Waals surface area contributed by atoms with Crippen LogP contribution < -0.4 is 0 Å². The van der Waals surface area contributed by atoms with Gasteiger partial charge < -0.3 is 10.0 Å². The van der Waals surface area contributed by atoms with Crippen molar-refractivity contribution in [1.82, 2.24) is 15.1 Å². The molecule has 0 fully saturated rings. The molecule has 2 rings (SSSR count). The van der Waals surface area contributed by atoms with E-state index < -0.39 is 0 Å². The molecule has 2 N–H and O–H groups in total. The maximum absolute atomic E-state index is 12.5. The van der Waals surface area contributed by atoms with E-state index in [1.165, 1.54) is 11.1 Å². The van der Waals surface area contributed by atoms with Gasteiger partial charge in [-0.25, -0.2) is 0 Å². The number of aromatic amines is 1. The van der Waals surface area contributed by atoms with Crippen molar-refractivity contribution in [2.24, 2.45) is 0 Å². The zero-order valence-electron chi connectivity index (χ0n) is 11.4. The SMILES string of the molecule is C=CCN(CCO)C(=O)c1cn[nH]c1-c1cccc(Cl)c1. The van der Waals surface area contributed by atoms with Gasteiger partial charge in [-0.2, -0.15) is 5.10 Å². The summed E-state index contributed by atoms with van der Waals surface area (Å²) in [5.74, 6) is -0.215. The lowest BCUT2D eigenvalue weighted by Crippen LogP contribution is -2.33. The molecule has 0 radical (unpaired) electrons. The number of nitrogens with one attached hydrogen (secondary N) is 1. The summed E-state index contributed by atoms with van der Waals surface area (Å²) >= 11 is 5.98. The summed E-state index contributed by atoms with van der Waals surface area (Å²) in [4.78, 5) is 14.0. The molecule has 110 valence electrons. The Kier molecular flexibility index (Phi) is 5.14. The van der Waals surface area contributed by atoms with Crippen molar-refractivity contribution in [2.75, 3.05) is 19.7 Å². The molecule has 1 heterocycles. The van der Waals surface area contributed by atoms with Crippen molar-refractivity contribution in [3.63, 3.8) is 0 Å². The summed E-state index contributed by atoms with van der Waals surface area (Å²) in [5.41, 5.74) is 1.83. The van der Waals surface area contributed by atoms with E-state index >= 15 is 0 Å². The molecule has 0 spiro atoms. The average Bonchev–Trinajstić information content (AvgIpc) is 2.95. The number of rotatable bonds is 6. The van der Waals surface area contributed by atoms with Gasteiger partial charge in [0.2, 0.25) is 0 Å². The fourth-order valence-corrected chi connectivity index (χ4v) is 2.23. The number of nitrogens with zero attached hydrogens (tertiary/aromatic N) is 2. The highest BCUT2D eigenvalue weighted by molar-refractivity contribution is 6.30. The number of aliphatic hydroxyl groups is 1. The third-order valence-corrected chi connectivity index (χ3v) is 3.22. The maximum atomic E-state index is 12.5. The van der Waals surface area contributed by atoms with Crippen LogP contribution >= 0.6 is 11.6 Å². The number of carbonyl (C=O) groups excluding carboxylic acids is 1. The van der Waals surface area contributed by atoms with Crippen molar-refractivity contribution >= 4 is 17.5 Å². The highest BCUT2D eigenvalue weighted by Gasteiger charge is 2.20. The first kappa shape index (κ1) is 15.3. The van der Waals surface area contributed by atoms with E-state index in [1.807, 2.05) is 12.1 Å². The number of amides is 1. The Morgan fingerprint density at radius 1 is 1.52 bits per heavy atom. The molecule has 0 bridgehead atoms. The standard InChI is InChI=1S/C15H16ClN3O2/c1-2-6-19(7-8-20)15(21)13-10-17-18-14(13)11-4-3-5-12(16)9-11/h2-5,9-10,20H,1,6-8H2,(H,17,18). The van der Waals surface area contributed by atoms with Crippen LogP contribution in [0.4, 0.5) is 0 Å². The normalized spacial score (nSPS) is 10.4. The van der Waals surface area contributed by atoms with Gasteiger partial charge in [-0.1, -0.05) is 29.8 Å². The smallest absolute Gasteiger partial charge is 0.258 e. The lowest BCUT2D eigenvalue weighted by molar-refractivity contribution is 0.0743. The van der Waals surface area contributed by atoms with E-state index in [4.69, 9.17) is 16.7 Å². The highest BCUT2D eigenvalue weighted by Crippen LogP contribution is 2.24. The molecule has 0 saturated carbocycles. The van der Waals surface area contributed by atoms with E-state index in [1.54, 1.807) is 18.2 Å². The second kappa shape index (κ2) is 7.06. The number of halogens is 1. The third-order valence-electron chi connectivity index (χ3n) is 2.99. The molecule has 0 aliphatic carbocycles.